The predicted molar refractivity (Wildman–Crippen MR) is 121 cm³/mol. The zero-order valence-electron chi connectivity index (χ0n) is 17.5. The number of carbonyl (C=O) groups is 2. The van der Waals surface area contributed by atoms with Crippen molar-refractivity contribution in [3.05, 3.63) is 94.3 Å². The summed E-state index contributed by atoms with van der Waals surface area (Å²) in [5, 5.41) is 3.43. The Morgan fingerprint density at radius 1 is 1.12 bits per heavy atom. The Labute approximate surface area is 190 Å². The molecule has 5 nitrogen and oxygen atoms in total. The summed E-state index contributed by atoms with van der Waals surface area (Å²) in [6.07, 6.45) is -0.0843. The molecule has 1 aliphatic rings. The first kappa shape index (κ1) is 21.8. The number of nitrogens with one attached hydrogen (secondary N) is 1. The van der Waals surface area contributed by atoms with Crippen LogP contribution in [0.3, 0.4) is 0 Å². The topological polar surface area (TPSA) is 58.6 Å². The second-order valence-corrected chi connectivity index (χ2v) is 8.06. The molecule has 0 radical (unpaired) electrons. The molecule has 4 rings (SSSR count). The minimum atomic E-state index is -0.605. The van der Waals surface area contributed by atoms with Gasteiger partial charge < -0.3 is 15.0 Å². The number of fused-ring (bicyclic) bond motifs is 1. The van der Waals surface area contributed by atoms with Crippen LogP contribution < -0.4 is 10.1 Å². The third-order valence-corrected chi connectivity index (χ3v) is 5.55. The molecule has 0 spiro atoms. The Morgan fingerprint density at radius 3 is 2.53 bits per heavy atom. The van der Waals surface area contributed by atoms with Crippen molar-refractivity contribution in [2.45, 2.75) is 32.5 Å². The van der Waals surface area contributed by atoms with Crippen molar-refractivity contribution in [1.82, 2.24) is 4.90 Å². The number of hydrogen-bond acceptors (Lipinski definition) is 3. The van der Waals surface area contributed by atoms with Crippen LogP contribution >= 0.6 is 11.6 Å². The van der Waals surface area contributed by atoms with Crippen LogP contribution in [0.2, 0.25) is 5.02 Å². The molecule has 1 atom stereocenters. The normalized spacial score (nSPS) is 15.5. The van der Waals surface area contributed by atoms with Crippen LogP contribution in [-0.4, -0.2) is 22.8 Å². The van der Waals surface area contributed by atoms with Gasteiger partial charge in [0.2, 0.25) is 0 Å². The number of carbonyl (C=O) groups excluding carboxylic acids is 2. The lowest BCUT2D eigenvalue weighted by Crippen LogP contribution is -2.38. The van der Waals surface area contributed by atoms with E-state index in [2.05, 4.69) is 5.32 Å². The Balaban J connectivity index is 1.57. The van der Waals surface area contributed by atoms with E-state index in [9.17, 15) is 14.0 Å². The van der Waals surface area contributed by atoms with E-state index in [0.717, 1.165) is 11.1 Å². The summed E-state index contributed by atoms with van der Waals surface area (Å²) >= 11 is 5.89. The summed E-state index contributed by atoms with van der Waals surface area (Å²) < 4.78 is 19.3. The number of amides is 2. The van der Waals surface area contributed by atoms with Crippen LogP contribution in [0.4, 0.5) is 10.1 Å². The zero-order chi connectivity index (χ0) is 22.7. The SMILES string of the molecule is CC[C@@H]1Oc2ccc(NC(=O)c3ccc(Cl)cc3)cc2CN(Cc2ccc(F)cc2)C1=O. The van der Waals surface area contributed by atoms with Gasteiger partial charge in [0.05, 0.1) is 0 Å². The van der Waals surface area contributed by atoms with Gasteiger partial charge in [-0.15, -0.1) is 0 Å². The first-order valence-corrected chi connectivity index (χ1v) is 10.7. The van der Waals surface area contributed by atoms with Crippen molar-refractivity contribution in [2.24, 2.45) is 0 Å². The molecule has 164 valence electrons. The quantitative estimate of drug-likeness (QED) is 0.561. The Hall–Kier alpha value is -3.38. The molecule has 0 aromatic heterocycles. The average Bonchev–Trinajstić information content (AvgIpc) is 2.92. The molecule has 0 saturated heterocycles. The van der Waals surface area contributed by atoms with E-state index in [1.54, 1.807) is 53.4 Å². The highest BCUT2D eigenvalue weighted by Crippen LogP contribution is 2.30. The third-order valence-electron chi connectivity index (χ3n) is 5.30. The Morgan fingerprint density at radius 2 is 1.84 bits per heavy atom. The number of hydrogen-bond donors (Lipinski definition) is 1. The highest BCUT2D eigenvalue weighted by molar-refractivity contribution is 6.30. The molecule has 3 aromatic carbocycles. The van der Waals surface area contributed by atoms with Crippen LogP contribution in [0.5, 0.6) is 5.75 Å². The van der Waals surface area contributed by atoms with Gasteiger partial charge in [0.15, 0.2) is 6.10 Å². The highest BCUT2D eigenvalue weighted by Gasteiger charge is 2.30. The summed E-state index contributed by atoms with van der Waals surface area (Å²) in [7, 11) is 0. The first-order valence-electron chi connectivity index (χ1n) is 10.3. The molecular weight excluding hydrogens is 431 g/mol. The molecule has 0 saturated carbocycles. The summed E-state index contributed by atoms with van der Waals surface area (Å²) in [6.45, 7) is 2.54. The van der Waals surface area contributed by atoms with Crippen molar-refractivity contribution in [1.29, 1.82) is 0 Å². The lowest BCUT2D eigenvalue weighted by Gasteiger charge is -2.23. The van der Waals surface area contributed by atoms with Crippen LogP contribution in [0, 0.1) is 5.82 Å². The lowest BCUT2D eigenvalue weighted by atomic mass is 10.1. The number of halogens is 2. The monoisotopic (exact) mass is 452 g/mol. The molecule has 1 aliphatic heterocycles. The van der Waals surface area contributed by atoms with E-state index >= 15 is 0 Å². The number of ether oxygens (including phenoxy) is 1. The van der Waals surface area contributed by atoms with Crippen molar-refractivity contribution in [3.8, 4) is 5.75 Å². The zero-order valence-corrected chi connectivity index (χ0v) is 18.2. The van der Waals surface area contributed by atoms with Crippen molar-refractivity contribution in [2.75, 3.05) is 5.32 Å². The van der Waals surface area contributed by atoms with Crippen molar-refractivity contribution in [3.63, 3.8) is 0 Å². The molecule has 0 fully saturated rings. The van der Waals surface area contributed by atoms with Crippen LogP contribution in [-0.2, 0) is 17.9 Å². The number of anilines is 1. The average molecular weight is 453 g/mol. The maximum atomic E-state index is 13.3. The standard InChI is InChI=1S/C25H22ClFN2O3/c1-2-22-25(31)29(14-16-3-9-20(27)10-4-16)15-18-13-21(11-12-23(18)32-22)28-24(30)17-5-7-19(26)8-6-17/h3-13,22H,2,14-15H2,1H3,(H,28,30)/t22-/m0/s1. The van der Waals surface area contributed by atoms with Crippen molar-refractivity contribution < 1.29 is 18.7 Å². The highest BCUT2D eigenvalue weighted by atomic mass is 35.5. The summed E-state index contributed by atoms with van der Waals surface area (Å²) in [5.41, 5.74) is 2.69. The van der Waals surface area contributed by atoms with Crippen LogP contribution in [0.15, 0.2) is 66.7 Å². The van der Waals surface area contributed by atoms with E-state index in [4.69, 9.17) is 16.3 Å². The number of benzene rings is 3. The molecule has 0 bridgehead atoms. The molecule has 32 heavy (non-hydrogen) atoms. The van der Waals surface area contributed by atoms with Gasteiger partial charge in [0.1, 0.15) is 11.6 Å². The minimum Gasteiger partial charge on any atom is -0.480 e. The van der Waals surface area contributed by atoms with Gasteiger partial charge in [-0.25, -0.2) is 4.39 Å². The molecule has 2 amide bonds. The lowest BCUT2D eigenvalue weighted by molar-refractivity contribution is -0.139. The van der Waals surface area contributed by atoms with Gasteiger partial charge in [0, 0.05) is 34.9 Å². The van der Waals surface area contributed by atoms with Crippen molar-refractivity contribution >= 4 is 29.1 Å². The molecule has 3 aromatic rings. The second-order valence-electron chi connectivity index (χ2n) is 7.62. The molecule has 7 heteroatoms. The fourth-order valence-corrected chi connectivity index (χ4v) is 3.72. The predicted octanol–water partition coefficient (Wildman–Crippen LogP) is 5.43. The number of rotatable bonds is 5. The molecule has 1 N–H and O–H groups in total. The summed E-state index contributed by atoms with van der Waals surface area (Å²) in [5.74, 6) is -0.102. The fourth-order valence-electron chi connectivity index (χ4n) is 3.59. The molecule has 0 unspecified atom stereocenters. The largest absolute Gasteiger partial charge is 0.480 e. The minimum absolute atomic E-state index is 0.125. The van der Waals surface area contributed by atoms with Gasteiger partial charge in [-0.05, 0) is 66.6 Å². The first-order chi connectivity index (χ1) is 15.4. The Bertz CT molecular complexity index is 1130. The molecule has 0 aliphatic carbocycles. The second kappa shape index (κ2) is 9.40. The smallest absolute Gasteiger partial charge is 0.264 e. The molecular formula is C25H22ClFN2O3. The van der Waals surface area contributed by atoms with E-state index in [-0.39, 0.29) is 17.6 Å². The van der Waals surface area contributed by atoms with Crippen LogP contribution in [0.25, 0.3) is 0 Å². The third kappa shape index (κ3) is 4.92. The fraction of sp³-hybridized carbons (Fsp3) is 0.200. The Kier molecular flexibility index (Phi) is 6.42. The van der Waals surface area contributed by atoms with Gasteiger partial charge in [-0.3, -0.25) is 9.59 Å². The van der Waals surface area contributed by atoms with Gasteiger partial charge in [-0.2, -0.15) is 0 Å². The number of nitrogens with zero attached hydrogens (tertiary/aromatic N) is 1. The van der Waals surface area contributed by atoms with E-state index in [1.807, 2.05) is 13.0 Å². The summed E-state index contributed by atoms with van der Waals surface area (Å²) in [6, 6.07) is 18.0. The maximum Gasteiger partial charge on any atom is 0.264 e. The maximum absolute atomic E-state index is 13.3. The van der Waals surface area contributed by atoms with Gasteiger partial charge in [-0.1, -0.05) is 30.7 Å². The molecule has 1 heterocycles. The van der Waals surface area contributed by atoms with Crippen LogP contribution in [0.1, 0.15) is 34.8 Å². The van der Waals surface area contributed by atoms with E-state index < -0.39 is 6.10 Å². The van der Waals surface area contributed by atoms with Gasteiger partial charge >= 0.3 is 0 Å². The van der Waals surface area contributed by atoms with Gasteiger partial charge in [0.25, 0.3) is 11.8 Å². The van der Waals surface area contributed by atoms with E-state index in [1.165, 1.54) is 12.1 Å². The van der Waals surface area contributed by atoms with E-state index in [0.29, 0.717) is 41.5 Å². The summed E-state index contributed by atoms with van der Waals surface area (Å²) in [4.78, 5) is 27.3.